The molecule has 0 bridgehead atoms. The third kappa shape index (κ3) is 5.70. The number of benzene rings is 1. The molecule has 1 aliphatic heterocycles. The second-order valence-corrected chi connectivity index (χ2v) is 8.07. The Morgan fingerprint density at radius 3 is 2.29 bits per heavy atom. The number of alkyl halides is 3. The summed E-state index contributed by atoms with van der Waals surface area (Å²) in [5, 5.41) is 2.48. The number of para-hydroxylation sites is 2. The first-order valence-electron chi connectivity index (χ1n) is 9.49. The van der Waals surface area contributed by atoms with E-state index in [1.54, 1.807) is 12.1 Å². The second-order valence-electron chi connectivity index (χ2n) is 8.07. The van der Waals surface area contributed by atoms with Gasteiger partial charge in [-0.25, -0.2) is 0 Å². The molecule has 1 aromatic carbocycles. The topological polar surface area (TPSA) is 52.7 Å². The van der Waals surface area contributed by atoms with E-state index in [9.17, 15) is 22.8 Å². The highest BCUT2D eigenvalue weighted by Crippen LogP contribution is 2.37. The molecule has 156 valence electrons. The fraction of sp³-hybridized carbons (Fsp3) is 0.600. The fourth-order valence-electron chi connectivity index (χ4n) is 3.50. The average molecular weight is 399 g/mol. The van der Waals surface area contributed by atoms with E-state index in [-0.39, 0.29) is 29.8 Å². The SMILES string of the molecule is CC(C)CN(CC(=O)N1c2ccccc2NC(=O)CC1C(F)(F)F)CC(C)C. The van der Waals surface area contributed by atoms with Crippen molar-refractivity contribution in [1.29, 1.82) is 0 Å². The fourth-order valence-corrected chi connectivity index (χ4v) is 3.50. The van der Waals surface area contributed by atoms with Crippen LogP contribution < -0.4 is 10.2 Å². The summed E-state index contributed by atoms with van der Waals surface area (Å²) in [7, 11) is 0. The van der Waals surface area contributed by atoms with Gasteiger partial charge < -0.3 is 5.32 Å². The molecule has 1 unspecified atom stereocenters. The molecule has 0 spiro atoms. The van der Waals surface area contributed by atoms with Gasteiger partial charge in [-0.05, 0) is 24.0 Å². The van der Waals surface area contributed by atoms with Crippen molar-refractivity contribution in [2.45, 2.75) is 46.3 Å². The summed E-state index contributed by atoms with van der Waals surface area (Å²) in [6, 6.07) is 3.92. The molecule has 1 N–H and O–H groups in total. The second kappa shape index (κ2) is 8.94. The Balaban J connectivity index is 2.41. The highest BCUT2D eigenvalue weighted by atomic mass is 19.4. The van der Waals surface area contributed by atoms with Crippen molar-refractivity contribution in [3.63, 3.8) is 0 Å². The molecular formula is C20H28F3N3O2. The van der Waals surface area contributed by atoms with Crippen molar-refractivity contribution < 1.29 is 22.8 Å². The van der Waals surface area contributed by atoms with Crippen LogP contribution in [-0.2, 0) is 9.59 Å². The minimum atomic E-state index is -4.72. The minimum Gasteiger partial charge on any atom is -0.324 e. The number of amides is 2. The van der Waals surface area contributed by atoms with Gasteiger partial charge in [0.2, 0.25) is 11.8 Å². The van der Waals surface area contributed by atoms with Crippen LogP contribution in [0.4, 0.5) is 24.5 Å². The van der Waals surface area contributed by atoms with E-state index in [2.05, 4.69) is 5.32 Å². The smallest absolute Gasteiger partial charge is 0.324 e. The number of rotatable bonds is 6. The molecule has 0 saturated carbocycles. The van der Waals surface area contributed by atoms with Crippen molar-refractivity contribution in [2.24, 2.45) is 11.8 Å². The van der Waals surface area contributed by atoms with Crippen molar-refractivity contribution >= 4 is 23.2 Å². The molecule has 2 amide bonds. The van der Waals surface area contributed by atoms with Gasteiger partial charge in [0, 0.05) is 13.1 Å². The molecule has 0 aromatic heterocycles. The molecule has 2 rings (SSSR count). The molecule has 28 heavy (non-hydrogen) atoms. The van der Waals surface area contributed by atoms with Crippen LogP contribution in [0.15, 0.2) is 24.3 Å². The van der Waals surface area contributed by atoms with E-state index in [1.165, 1.54) is 12.1 Å². The minimum absolute atomic E-state index is 0.0784. The van der Waals surface area contributed by atoms with Crippen molar-refractivity contribution in [1.82, 2.24) is 4.90 Å². The lowest BCUT2D eigenvalue weighted by Gasteiger charge is -2.34. The predicted octanol–water partition coefficient (Wildman–Crippen LogP) is 3.91. The van der Waals surface area contributed by atoms with Gasteiger partial charge in [-0.15, -0.1) is 0 Å². The van der Waals surface area contributed by atoms with E-state index < -0.39 is 30.5 Å². The Morgan fingerprint density at radius 1 is 1.18 bits per heavy atom. The first-order valence-corrected chi connectivity index (χ1v) is 9.49. The maximum atomic E-state index is 13.8. The Labute approximate surface area is 163 Å². The number of nitrogens with one attached hydrogen (secondary N) is 1. The summed E-state index contributed by atoms with van der Waals surface area (Å²) >= 11 is 0. The first-order chi connectivity index (χ1) is 13.0. The summed E-state index contributed by atoms with van der Waals surface area (Å²) in [6.07, 6.45) is -5.54. The first kappa shape index (κ1) is 22.2. The summed E-state index contributed by atoms with van der Waals surface area (Å²) in [5.41, 5.74) is 0.293. The Kier molecular flexibility index (Phi) is 7.09. The quantitative estimate of drug-likeness (QED) is 0.789. The molecule has 8 heteroatoms. The largest absolute Gasteiger partial charge is 0.409 e. The normalized spacial score (nSPS) is 17.7. The summed E-state index contributed by atoms with van der Waals surface area (Å²) in [6.45, 7) is 9.08. The van der Waals surface area contributed by atoms with E-state index in [0.29, 0.717) is 13.1 Å². The maximum Gasteiger partial charge on any atom is 0.409 e. The monoisotopic (exact) mass is 399 g/mol. The van der Waals surface area contributed by atoms with Gasteiger partial charge in [-0.2, -0.15) is 13.2 Å². The highest BCUT2D eigenvalue weighted by Gasteiger charge is 2.49. The molecule has 1 aromatic rings. The van der Waals surface area contributed by atoms with E-state index in [4.69, 9.17) is 0 Å². The summed E-state index contributed by atoms with van der Waals surface area (Å²) in [4.78, 5) is 27.8. The standard InChI is InChI=1S/C20H28F3N3O2/c1-13(2)10-25(11-14(3)4)12-19(28)26-16-8-6-5-7-15(16)24-18(27)9-17(26)20(21,22)23/h5-8,13-14,17H,9-12H2,1-4H3,(H,24,27). The van der Waals surface area contributed by atoms with Crippen LogP contribution in [0, 0.1) is 11.8 Å². The van der Waals surface area contributed by atoms with Crippen LogP contribution in [0.5, 0.6) is 0 Å². The number of hydrogen-bond acceptors (Lipinski definition) is 3. The maximum absolute atomic E-state index is 13.8. The number of nitrogens with zero attached hydrogens (tertiary/aromatic N) is 2. The lowest BCUT2D eigenvalue weighted by molar-refractivity contribution is -0.158. The molecule has 0 fully saturated rings. The molecule has 5 nitrogen and oxygen atoms in total. The van der Waals surface area contributed by atoms with Gasteiger partial charge in [0.25, 0.3) is 0 Å². The van der Waals surface area contributed by atoms with Crippen LogP contribution in [-0.4, -0.2) is 48.6 Å². The molecule has 0 saturated heterocycles. The summed E-state index contributed by atoms with van der Waals surface area (Å²) < 4.78 is 41.3. The van der Waals surface area contributed by atoms with Gasteiger partial charge in [0.1, 0.15) is 6.04 Å². The van der Waals surface area contributed by atoms with Crippen molar-refractivity contribution in [3.8, 4) is 0 Å². The van der Waals surface area contributed by atoms with Crippen LogP contribution in [0.1, 0.15) is 34.1 Å². The van der Waals surface area contributed by atoms with Crippen LogP contribution in [0.3, 0.4) is 0 Å². The van der Waals surface area contributed by atoms with Crippen LogP contribution >= 0.6 is 0 Å². The Hall–Kier alpha value is -2.09. The third-order valence-corrected chi connectivity index (χ3v) is 4.38. The molecule has 0 radical (unpaired) electrons. The number of carbonyl (C=O) groups is 2. The molecule has 0 aliphatic carbocycles. The van der Waals surface area contributed by atoms with Gasteiger partial charge in [-0.1, -0.05) is 39.8 Å². The van der Waals surface area contributed by atoms with E-state index in [0.717, 1.165) is 4.90 Å². The Bertz CT molecular complexity index is 694. The summed E-state index contributed by atoms with van der Waals surface area (Å²) in [5.74, 6) is -0.881. The highest BCUT2D eigenvalue weighted by molar-refractivity contribution is 6.05. The van der Waals surface area contributed by atoms with E-state index >= 15 is 0 Å². The number of halogens is 3. The molecular weight excluding hydrogens is 371 g/mol. The zero-order valence-electron chi connectivity index (χ0n) is 16.7. The van der Waals surface area contributed by atoms with Crippen LogP contribution in [0.25, 0.3) is 0 Å². The van der Waals surface area contributed by atoms with Crippen molar-refractivity contribution in [2.75, 3.05) is 29.9 Å². The predicted molar refractivity (Wildman–Crippen MR) is 103 cm³/mol. The zero-order valence-corrected chi connectivity index (χ0v) is 16.7. The molecule has 1 atom stereocenters. The number of carbonyl (C=O) groups excluding carboxylic acids is 2. The molecule has 1 aliphatic rings. The third-order valence-electron chi connectivity index (χ3n) is 4.38. The lowest BCUT2D eigenvalue weighted by Crippen LogP contribution is -2.53. The molecule has 1 heterocycles. The Morgan fingerprint density at radius 2 is 1.75 bits per heavy atom. The van der Waals surface area contributed by atoms with Crippen LogP contribution in [0.2, 0.25) is 0 Å². The van der Waals surface area contributed by atoms with Gasteiger partial charge >= 0.3 is 6.18 Å². The van der Waals surface area contributed by atoms with E-state index in [1.807, 2.05) is 32.6 Å². The van der Waals surface area contributed by atoms with Gasteiger partial charge in [-0.3, -0.25) is 19.4 Å². The lowest BCUT2D eigenvalue weighted by atomic mass is 10.1. The number of hydrogen-bond donors (Lipinski definition) is 1. The average Bonchev–Trinajstić information content (AvgIpc) is 2.68. The van der Waals surface area contributed by atoms with Crippen molar-refractivity contribution in [3.05, 3.63) is 24.3 Å². The number of anilines is 2. The zero-order chi connectivity index (χ0) is 21.1. The van der Waals surface area contributed by atoms with Gasteiger partial charge in [0.05, 0.1) is 24.3 Å². The van der Waals surface area contributed by atoms with Gasteiger partial charge in [0.15, 0.2) is 0 Å². The number of fused-ring (bicyclic) bond motifs is 1.